The van der Waals surface area contributed by atoms with Crippen molar-refractivity contribution < 1.29 is 24.4 Å². The van der Waals surface area contributed by atoms with Crippen LogP contribution in [0, 0.1) is 23.2 Å². The van der Waals surface area contributed by atoms with Gasteiger partial charge in [0.25, 0.3) is 0 Å². The van der Waals surface area contributed by atoms with Crippen molar-refractivity contribution in [3.63, 3.8) is 0 Å². The maximum Gasteiger partial charge on any atom is 0.488 e. The Hall–Kier alpha value is -1.70. The monoisotopic (exact) mass is 439 g/mol. The Bertz CT molecular complexity index is 898. The van der Waals surface area contributed by atoms with Crippen LogP contribution in [-0.2, 0) is 20.7 Å². The lowest BCUT2D eigenvalue weighted by molar-refractivity contribution is -0.135. The van der Waals surface area contributed by atoms with Crippen molar-refractivity contribution in [2.45, 2.75) is 57.8 Å². The van der Waals surface area contributed by atoms with Gasteiger partial charge in [0.1, 0.15) is 5.78 Å². The zero-order valence-corrected chi connectivity index (χ0v) is 19.0. The SMILES string of the molecule is C[C@]12CC[C@@H]3c4ccc(B(O)O)cc4CC[C@H]3[C@@H]1[C@H](CCC(=O)N1CCOCC1)CC2=O. The summed E-state index contributed by atoms with van der Waals surface area (Å²) in [6.45, 7) is 4.77. The number of aryl methyl sites for hydroxylation is 1. The molecule has 0 bridgehead atoms. The van der Waals surface area contributed by atoms with E-state index in [1.54, 1.807) is 0 Å². The number of hydrogen-bond donors (Lipinski definition) is 2. The Balaban J connectivity index is 1.35. The predicted molar refractivity (Wildman–Crippen MR) is 121 cm³/mol. The number of ether oxygens (including phenoxy) is 1. The molecule has 0 spiro atoms. The molecule has 1 aliphatic heterocycles. The number of carbonyl (C=O) groups is 2. The second-order valence-electron chi connectivity index (χ2n) is 10.5. The Morgan fingerprint density at radius 1 is 1.25 bits per heavy atom. The number of ketones is 1. The molecule has 5 atom stereocenters. The van der Waals surface area contributed by atoms with Gasteiger partial charge in [0, 0.05) is 31.3 Å². The average Bonchev–Trinajstić information content (AvgIpc) is 3.07. The molecule has 7 heteroatoms. The van der Waals surface area contributed by atoms with E-state index in [2.05, 4.69) is 13.0 Å². The van der Waals surface area contributed by atoms with Crippen molar-refractivity contribution >= 4 is 24.3 Å². The molecule has 4 aliphatic rings. The maximum absolute atomic E-state index is 13.2. The summed E-state index contributed by atoms with van der Waals surface area (Å²) in [7, 11) is -1.44. The molecular weight excluding hydrogens is 405 g/mol. The van der Waals surface area contributed by atoms with Gasteiger partial charge in [0.2, 0.25) is 5.91 Å². The molecule has 172 valence electrons. The Labute approximate surface area is 190 Å². The fourth-order valence-corrected chi connectivity index (χ4v) is 7.37. The van der Waals surface area contributed by atoms with E-state index in [0.717, 1.165) is 32.1 Å². The van der Waals surface area contributed by atoms with Gasteiger partial charge in [-0.05, 0) is 72.4 Å². The van der Waals surface area contributed by atoms with Crippen LogP contribution < -0.4 is 5.46 Å². The zero-order valence-electron chi connectivity index (χ0n) is 19.0. The van der Waals surface area contributed by atoms with Gasteiger partial charge < -0.3 is 19.7 Å². The van der Waals surface area contributed by atoms with Crippen LogP contribution >= 0.6 is 0 Å². The van der Waals surface area contributed by atoms with E-state index in [9.17, 15) is 19.6 Å². The second-order valence-corrected chi connectivity index (χ2v) is 10.5. The third kappa shape index (κ3) is 3.72. The fraction of sp³-hybridized carbons (Fsp3) is 0.680. The molecule has 32 heavy (non-hydrogen) atoms. The molecular formula is C25H34BNO5. The number of hydrogen-bond acceptors (Lipinski definition) is 5. The minimum atomic E-state index is -1.44. The van der Waals surface area contributed by atoms with Gasteiger partial charge in [0.05, 0.1) is 13.2 Å². The number of morpholine rings is 1. The summed E-state index contributed by atoms with van der Waals surface area (Å²) in [4.78, 5) is 27.8. The number of nitrogens with zero attached hydrogens (tertiary/aromatic N) is 1. The van der Waals surface area contributed by atoms with Crippen molar-refractivity contribution in [2.24, 2.45) is 23.2 Å². The smallest absolute Gasteiger partial charge is 0.423 e. The highest BCUT2D eigenvalue weighted by atomic mass is 16.5. The number of amides is 1. The summed E-state index contributed by atoms with van der Waals surface area (Å²) in [5, 5.41) is 19.1. The molecule has 2 saturated carbocycles. The fourth-order valence-electron chi connectivity index (χ4n) is 7.37. The first-order valence-electron chi connectivity index (χ1n) is 12.3. The number of carbonyl (C=O) groups excluding carboxylic acids is 2. The van der Waals surface area contributed by atoms with E-state index < -0.39 is 7.12 Å². The van der Waals surface area contributed by atoms with Crippen molar-refractivity contribution in [3.8, 4) is 0 Å². The van der Waals surface area contributed by atoms with E-state index in [1.165, 1.54) is 11.1 Å². The number of fused-ring (bicyclic) bond motifs is 5. The Morgan fingerprint density at radius 2 is 2.03 bits per heavy atom. The zero-order chi connectivity index (χ0) is 22.5. The van der Waals surface area contributed by atoms with Crippen LogP contribution in [0.25, 0.3) is 0 Å². The summed E-state index contributed by atoms with van der Waals surface area (Å²) < 4.78 is 5.37. The molecule has 0 radical (unpaired) electrons. The molecule has 1 aromatic rings. The summed E-state index contributed by atoms with van der Waals surface area (Å²) in [6.07, 6.45) is 5.81. The van der Waals surface area contributed by atoms with E-state index >= 15 is 0 Å². The van der Waals surface area contributed by atoms with Crippen LogP contribution in [0.4, 0.5) is 0 Å². The third-order valence-corrected chi connectivity index (χ3v) is 8.99. The van der Waals surface area contributed by atoms with Crippen LogP contribution in [-0.4, -0.2) is 60.1 Å². The lowest BCUT2D eigenvalue weighted by Gasteiger charge is -2.50. The molecule has 0 unspecified atom stereocenters. The van der Waals surface area contributed by atoms with E-state index in [-0.39, 0.29) is 17.2 Å². The quantitative estimate of drug-likeness (QED) is 0.697. The van der Waals surface area contributed by atoms with Crippen LogP contribution in [0.5, 0.6) is 0 Å². The highest BCUT2D eigenvalue weighted by Crippen LogP contribution is 2.62. The van der Waals surface area contributed by atoms with Crippen molar-refractivity contribution in [1.82, 2.24) is 4.90 Å². The number of Topliss-reactive ketones (excluding diaryl/α,β-unsaturated/α-hetero) is 1. The highest BCUT2D eigenvalue weighted by Gasteiger charge is 2.58. The minimum absolute atomic E-state index is 0.200. The van der Waals surface area contributed by atoms with Crippen molar-refractivity contribution in [2.75, 3.05) is 26.3 Å². The molecule has 0 aromatic heterocycles. The molecule has 1 amide bonds. The average molecular weight is 439 g/mol. The molecule has 1 heterocycles. The van der Waals surface area contributed by atoms with Gasteiger partial charge in [-0.25, -0.2) is 0 Å². The summed E-state index contributed by atoms with van der Waals surface area (Å²) in [5.74, 6) is 2.10. The largest absolute Gasteiger partial charge is 0.488 e. The molecule has 5 rings (SSSR count). The summed E-state index contributed by atoms with van der Waals surface area (Å²) in [6, 6.07) is 5.86. The van der Waals surface area contributed by atoms with Gasteiger partial charge in [-0.3, -0.25) is 9.59 Å². The van der Waals surface area contributed by atoms with Crippen molar-refractivity contribution in [1.29, 1.82) is 0 Å². The van der Waals surface area contributed by atoms with E-state index in [0.29, 0.717) is 68.1 Å². The topological polar surface area (TPSA) is 87.1 Å². The van der Waals surface area contributed by atoms with E-state index in [1.807, 2.05) is 17.0 Å². The van der Waals surface area contributed by atoms with Crippen molar-refractivity contribution in [3.05, 3.63) is 29.3 Å². The molecule has 1 aromatic carbocycles. The Morgan fingerprint density at radius 3 is 2.78 bits per heavy atom. The highest BCUT2D eigenvalue weighted by molar-refractivity contribution is 6.58. The minimum Gasteiger partial charge on any atom is -0.423 e. The first kappa shape index (κ1) is 22.1. The van der Waals surface area contributed by atoms with Gasteiger partial charge >= 0.3 is 7.12 Å². The van der Waals surface area contributed by atoms with Crippen LogP contribution in [0.3, 0.4) is 0 Å². The van der Waals surface area contributed by atoms with Crippen LogP contribution in [0.15, 0.2) is 18.2 Å². The predicted octanol–water partition coefficient (Wildman–Crippen LogP) is 1.66. The Kier molecular flexibility index (Phi) is 5.93. The lowest BCUT2D eigenvalue weighted by atomic mass is 9.53. The first-order valence-corrected chi connectivity index (χ1v) is 12.3. The normalized spacial score (nSPS) is 34.0. The standard InChI is InChI=1S/C25H34BNO5/c1-25-9-8-20-19-6-4-18(26(30)31)14-16(19)2-5-21(20)24(25)17(15-22(25)28)3-7-23(29)27-10-12-32-13-11-27/h4,6,14,17,20-21,24,30-31H,2-3,5,7-13,15H2,1H3/t17-,20-,21-,24+,25-/m1/s1. The van der Waals surface area contributed by atoms with Gasteiger partial charge in [-0.1, -0.05) is 25.1 Å². The number of benzene rings is 1. The van der Waals surface area contributed by atoms with Crippen LogP contribution in [0.2, 0.25) is 0 Å². The molecule has 2 N–H and O–H groups in total. The third-order valence-electron chi connectivity index (χ3n) is 8.99. The van der Waals surface area contributed by atoms with Gasteiger partial charge in [-0.2, -0.15) is 0 Å². The first-order chi connectivity index (χ1) is 15.4. The number of rotatable bonds is 4. The summed E-state index contributed by atoms with van der Waals surface area (Å²) >= 11 is 0. The van der Waals surface area contributed by atoms with Gasteiger partial charge in [0.15, 0.2) is 0 Å². The lowest BCUT2D eigenvalue weighted by Crippen LogP contribution is -2.45. The maximum atomic E-state index is 13.2. The van der Waals surface area contributed by atoms with Crippen LogP contribution in [0.1, 0.15) is 62.5 Å². The second kappa shape index (κ2) is 8.58. The summed E-state index contributed by atoms with van der Waals surface area (Å²) in [5.41, 5.74) is 2.85. The molecule has 3 aliphatic carbocycles. The van der Waals surface area contributed by atoms with Gasteiger partial charge in [-0.15, -0.1) is 0 Å². The molecule has 6 nitrogen and oxygen atoms in total. The molecule has 3 fully saturated rings. The molecule has 1 saturated heterocycles. The van der Waals surface area contributed by atoms with E-state index in [4.69, 9.17) is 4.74 Å².